The minimum Gasteiger partial charge on any atom is -0.464 e. The van der Waals surface area contributed by atoms with E-state index in [-0.39, 0.29) is 18.5 Å². The summed E-state index contributed by atoms with van der Waals surface area (Å²) in [5, 5.41) is 2.74. The molecule has 1 aliphatic rings. The van der Waals surface area contributed by atoms with Gasteiger partial charge in [0.15, 0.2) is 0 Å². The SMILES string of the molecule is C=CCCOC(=O)NC(C(=O)OCCCCCCC)C1CCCCC1. The minimum absolute atomic E-state index is 0.147. The second-order valence-electron chi connectivity index (χ2n) is 6.82. The van der Waals surface area contributed by atoms with Crippen LogP contribution in [0, 0.1) is 5.92 Å². The van der Waals surface area contributed by atoms with Gasteiger partial charge in [-0.2, -0.15) is 0 Å². The van der Waals surface area contributed by atoms with Crippen LogP contribution < -0.4 is 5.32 Å². The van der Waals surface area contributed by atoms with Crippen LogP contribution in [0.1, 0.15) is 77.6 Å². The molecule has 1 amide bonds. The van der Waals surface area contributed by atoms with E-state index in [4.69, 9.17) is 9.47 Å². The third-order valence-corrected chi connectivity index (χ3v) is 4.70. The van der Waals surface area contributed by atoms with Crippen LogP contribution in [-0.4, -0.2) is 31.3 Å². The summed E-state index contributed by atoms with van der Waals surface area (Å²) in [4.78, 5) is 24.4. The zero-order chi connectivity index (χ0) is 18.3. The molecule has 5 heteroatoms. The number of ether oxygens (including phenoxy) is 2. The molecule has 0 aromatic carbocycles. The number of hydrogen-bond acceptors (Lipinski definition) is 4. The van der Waals surface area contributed by atoms with E-state index in [0.29, 0.717) is 13.0 Å². The van der Waals surface area contributed by atoms with Crippen molar-refractivity contribution in [3.8, 4) is 0 Å². The van der Waals surface area contributed by atoms with E-state index < -0.39 is 12.1 Å². The number of hydrogen-bond donors (Lipinski definition) is 1. The van der Waals surface area contributed by atoms with Crippen LogP contribution in [0.15, 0.2) is 12.7 Å². The number of carbonyl (C=O) groups excluding carboxylic acids is 2. The molecule has 0 spiro atoms. The van der Waals surface area contributed by atoms with E-state index in [1.165, 1.54) is 25.7 Å². The summed E-state index contributed by atoms with van der Waals surface area (Å²) in [5.74, 6) is -0.170. The normalized spacial score (nSPS) is 16.0. The van der Waals surface area contributed by atoms with E-state index in [2.05, 4.69) is 18.8 Å². The molecule has 1 N–H and O–H groups in total. The van der Waals surface area contributed by atoms with Gasteiger partial charge in [0.1, 0.15) is 6.04 Å². The first kappa shape index (κ1) is 21.5. The summed E-state index contributed by atoms with van der Waals surface area (Å²) < 4.78 is 10.5. The van der Waals surface area contributed by atoms with Gasteiger partial charge in [0.25, 0.3) is 0 Å². The molecule has 1 fully saturated rings. The van der Waals surface area contributed by atoms with Crippen LogP contribution in [0.4, 0.5) is 4.79 Å². The molecule has 0 aromatic heterocycles. The minimum atomic E-state index is -0.591. The van der Waals surface area contributed by atoms with Crippen molar-refractivity contribution in [2.75, 3.05) is 13.2 Å². The molecule has 0 bridgehead atoms. The Kier molecular flexibility index (Phi) is 11.8. The van der Waals surface area contributed by atoms with Gasteiger partial charge in [-0.3, -0.25) is 0 Å². The average Bonchev–Trinajstić information content (AvgIpc) is 2.63. The number of amides is 1. The van der Waals surface area contributed by atoms with E-state index in [0.717, 1.165) is 38.5 Å². The maximum Gasteiger partial charge on any atom is 0.407 e. The Bertz CT molecular complexity index is 391. The van der Waals surface area contributed by atoms with Gasteiger partial charge in [-0.05, 0) is 31.6 Å². The van der Waals surface area contributed by atoms with Gasteiger partial charge in [-0.15, -0.1) is 6.58 Å². The van der Waals surface area contributed by atoms with E-state index >= 15 is 0 Å². The van der Waals surface area contributed by atoms with E-state index in [1.807, 2.05) is 0 Å². The molecule has 25 heavy (non-hydrogen) atoms. The maximum absolute atomic E-state index is 12.5. The molecule has 1 aliphatic carbocycles. The molecule has 0 radical (unpaired) electrons. The van der Waals surface area contributed by atoms with Crippen molar-refractivity contribution in [1.29, 1.82) is 0 Å². The lowest BCUT2D eigenvalue weighted by atomic mass is 9.84. The quantitative estimate of drug-likeness (QED) is 0.312. The summed E-state index contributed by atoms with van der Waals surface area (Å²) in [6.45, 7) is 6.48. The van der Waals surface area contributed by atoms with Crippen molar-refractivity contribution in [2.24, 2.45) is 5.92 Å². The van der Waals surface area contributed by atoms with Crippen LogP contribution in [0.3, 0.4) is 0 Å². The zero-order valence-corrected chi connectivity index (χ0v) is 15.8. The zero-order valence-electron chi connectivity index (χ0n) is 15.8. The summed E-state index contributed by atoms with van der Waals surface area (Å²) in [7, 11) is 0. The monoisotopic (exact) mass is 353 g/mol. The summed E-state index contributed by atoms with van der Waals surface area (Å²) >= 11 is 0. The van der Waals surface area contributed by atoms with E-state index in [9.17, 15) is 9.59 Å². The van der Waals surface area contributed by atoms with Crippen LogP contribution in [0.2, 0.25) is 0 Å². The van der Waals surface area contributed by atoms with Gasteiger partial charge in [0.2, 0.25) is 0 Å². The molecule has 5 nitrogen and oxygen atoms in total. The maximum atomic E-state index is 12.5. The molecule has 1 unspecified atom stereocenters. The van der Waals surface area contributed by atoms with Gasteiger partial charge in [-0.1, -0.05) is 57.9 Å². The van der Waals surface area contributed by atoms with Crippen LogP contribution in [0.5, 0.6) is 0 Å². The van der Waals surface area contributed by atoms with Crippen molar-refractivity contribution >= 4 is 12.1 Å². The highest BCUT2D eigenvalue weighted by Gasteiger charge is 2.32. The van der Waals surface area contributed by atoms with Crippen LogP contribution in [0.25, 0.3) is 0 Å². The molecule has 0 aliphatic heterocycles. The van der Waals surface area contributed by atoms with Crippen LogP contribution >= 0.6 is 0 Å². The number of carbonyl (C=O) groups is 2. The molecule has 1 atom stereocenters. The summed E-state index contributed by atoms with van der Waals surface area (Å²) in [6, 6.07) is -0.591. The predicted octanol–water partition coefficient (Wildman–Crippen LogP) is 4.75. The lowest BCUT2D eigenvalue weighted by molar-refractivity contribution is -0.148. The first-order valence-corrected chi connectivity index (χ1v) is 9.89. The highest BCUT2D eigenvalue weighted by atomic mass is 16.6. The van der Waals surface area contributed by atoms with Gasteiger partial charge in [-0.25, -0.2) is 9.59 Å². The third kappa shape index (κ3) is 9.51. The Labute approximate surface area is 152 Å². The number of rotatable bonds is 12. The molecular weight excluding hydrogens is 318 g/mol. The van der Waals surface area contributed by atoms with Gasteiger partial charge in [0.05, 0.1) is 13.2 Å². The van der Waals surface area contributed by atoms with Crippen molar-refractivity contribution in [3.05, 3.63) is 12.7 Å². The van der Waals surface area contributed by atoms with Crippen LogP contribution in [-0.2, 0) is 14.3 Å². The summed E-state index contributed by atoms with van der Waals surface area (Å²) in [5.41, 5.74) is 0. The van der Waals surface area contributed by atoms with Gasteiger partial charge < -0.3 is 14.8 Å². The fourth-order valence-electron chi connectivity index (χ4n) is 3.21. The molecule has 1 saturated carbocycles. The largest absolute Gasteiger partial charge is 0.464 e. The molecule has 0 aromatic rings. The second-order valence-corrected chi connectivity index (χ2v) is 6.82. The molecule has 1 rings (SSSR count). The van der Waals surface area contributed by atoms with E-state index in [1.54, 1.807) is 6.08 Å². The van der Waals surface area contributed by atoms with Gasteiger partial charge >= 0.3 is 12.1 Å². The Balaban J connectivity index is 2.44. The lowest BCUT2D eigenvalue weighted by Crippen LogP contribution is -2.47. The molecule has 0 heterocycles. The van der Waals surface area contributed by atoms with Crippen molar-refractivity contribution < 1.29 is 19.1 Å². The Morgan fingerprint density at radius 3 is 2.48 bits per heavy atom. The smallest absolute Gasteiger partial charge is 0.407 e. The first-order valence-electron chi connectivity index (χ1n) is 9.89. The summed E-state index contributed by atoms with van der Waals surface area (Å²) in [6.07, 6.45) is 12.6. The Hall–Kier alpha value is -1.52. The average molecular weight is 354 g/mol. The number of unbranched alkanes of at least 4 members (excludes halogenated alkanes) is 4. The van der Waals surface area contributed by atoms with Crippen molar-refractivity contribution in [2.45, 2.75) is 83.6 Å². The second kappa shape index (κ2) is 13.7. The highest BCUT2D eigenvalue weighted by Crippen LogP contribution is 2.27. The fraction of sp³-hybridized carbons (Fsp3) is 0.800. The Morgan fingerprint density at radius 1 is 1.08 bits per heavy atom. The highest BCUT2D eigenvalue weighted by molar-refractivity contribution is 5.81. The Morgan fingerprint density at radius 2 is 1.80 bits per heavy atom. The topological polar surface area (TPSA) is 64.6 Å². The molecular formula is C20H35NO4. The van der Waals surface area contributed by atoms with Crippen molar-refractivity contribution in [1.82, 2.24) is 5.32 Å². The van der Waals surface area contributed by atoms with Gasteiger partial charge in [0, 0.05) is 0 Å². The number of nitrogens with one attached hydrogen (secondary N) is 1. The van der Waals surface area contributed by atoms with Crippen molar-refractivity contribution in [3.63, 3.8) is 0 Å². The lowest BCUT2D eigenvalue weighted by Gasteiger charge is -2.29. The predicted molar refractivity (Wildman–Crippen MR) is 99.4 cm³/mol. The first-order chi connectivity index (χ1) is 12.2. The third-order valence-electron chi connectivity index (χ3n) is 4.70. The molecule has 0 saturated heterocycles. The number of esters is 1. The fourth-order valence-corrected chi connectivity index (χ4v) is 3.21. The number of alkyl carbamates (subject to hydrolysis) is 1. The standard InChI is InChI=1S/C20H35NO4/c1-3-5-7-8-12-16-24-19(22)18(17-13-10-9-11-14-17)21-20(23)25-15-6-4-2/h4,17-18H,2-3,5-16H2,1H3,(H,21,23). The molecule has 144 valence electrons.